The molecule has 2 saturated carbocycles. The third-order valence-electron chi connectivity index (χ3n) is 12.8. The van der Waals surface area contributed by atoms with Crippen LogP contribution in [-0.4, -0.2) is 117 Å². The Labute approximate surface area is 320 Å². The number of aliphatic hydroxyl groups is 5. The van der Waals surface area contributed by atoms with Crippen molar-refractivity contribution >= 4 is 37.1 Å². The lowest BCUT2D eigenvalue weighted by molar-refractivity contribution is -0.344. The highest BCUT2D eigenvalue weighted by Crippen LogP contribution is 2.62. The minimum atomic E-state index is -2.65. The van der Waals surface area contributed by atoms with Crippen molar-refractivity contribution in [3.8, 4) is 0 Å². The number of amides is 1. The van der Waals surface area contributed by atoms with Gasteiger partial charge < -0.3 is 49.9 Å². The van der Waals surface area contributed by atoms with Crippen LogP contribution in [0.2, 0.25) is 13.1 Å². The van der Waals surface area contributed by atoms with E-state index in [-0.39, 0.29) is 29.7 Å². The molecule has 298 valence electrons. The van der Waals surface area contributed by atoms with Crippen molar-refractivity contribution in [2.75, 3.05) is 6.61 Å². The number of esters is 2. The van der Waals surface area contributed by atoms with Gasteiger partial charge >= 0.3 is 11.9 Å². The number of Topliss-reactive ketones (excluding diaryl/α,β-unsaturated/α-hetero) is 1. The van der Waals surface area contributed by atoms with E-state index in [2.05, 4.69) is 5.32 Å². The van der Waals surface area contributed by atoms with Crippen LogP contribution in [0.25, 0.3) is 0 Å². The molecular weight excluding hydrogens is 731 g/mol. The van der Waals surface area contributed by atoms with E-state index in [0.29, 0.717) is 10.8 Å². The first-order valence-corrected chi connectivity index (χ1v) is 21.4. The molecule has 6 rings (SSSR count). The highest BCUT2D eigenvalue weighted by Gasteiger charge is 2.75. The highest BCUT2D eigenvalue weighted by molar-refractivity contribution is 6.83. The summed E-state index contributed by atoms with van der Waals surface area (Å²) in [7, 11) is -2.65. The SMILES string of the molecule is CC(=O)O[C@H]1C(=O)[C@@]2(C)[C@H]([C@H](O)[C@]3(O)C[C@H](OC(=O)[C@H](O)[C@@H](NC(=O)c4ccc([Si](C)(C)O)cc4)c4ccccc4)C(C)=C1C3(C)C)[C@]1(O)CO[C@@H]1C[C@@H]2O. The zero-order chi connectivity index (χ0) is 40.6. The van der Waals surface area contributed by atoms with Crippen molar-refractivity contribution in [3.63, 3.8) is 0 Å². The predicted octanol–water partition coefficient (Wildman–Crippen LogP) is 0.705. The first-order chi connectivity index (χ1) is 25.5. The van der Waals surface area contributed by atoms with Crippen LogP contribution in [-0.2, 0) is 28.6 Å². The van der Waals surface area contributed by atoms with Gasteiger partial charge in [0, 0.05) is 36.7 Å². The van der Waals surface area contributed by atoms with Crippen LogP contribution < -0.4 is 10.5 Å². The van der Waals surface area contributed by atoms with E-state index >= 15 is 0 Å². The Balaban J connectivity index is 1.38. The molecule has 0 unspecified atom stereocenters. The minimum absolute atomic E-state index is 0.0316. The molecule has 1 saturated heterocycles. The van der Waals surface area contributed by atoms with Gasteiger partial charge in [0.1, 0.15) is 17.3 Å². The molecule has 7 N–H and O–H groups in total. The van der Waals surface area contributed by atoms with Crippen LogP contribution >= 0.6 is 0 Å². The van der Waals surface area contributed by atoms with Crippen molar-refractivity contribution in [2.24, 2.45) is 16.7 Å². The maximum atomic E-state index is 14.8. The summed E-state index contributed by atoms with van der Waals surface area (Å²) in [5, 5.41) is 63.5. The molecular formula is C40H51NO13Si. The molecule has 0 spiro atoms. The molecule has 55 heavy (non-hydrogen) atoms. The largest absolute Gasteiger partial charge is 0.456 e. The van der Waals surface area contributed by atoms with Crippen LogP contribution in [0.15, 0.2) is 65.7 Å². The summed E-state index contributed by atoms with van der Waals surface area (Å²) in [6.45, 7) is 10.3. The van der Waals surface area contributed by atoms with Gasteiger partial charge in [0.05, 0.1) is 36.4 Å². The van der Waals surface area contributed by atoms with E-state index < -0.39 is 109 Å². The number of carbonyl (C=O) groups is 4. The number of hydrogen-bond donors (Lipinski definition) is 7. The second-order valence-corrected chi connectivity index (χ2v) is 20.5. The summed E-state index contributed by atoms with van der Waals surface area (Å²) in [5.74, 6) is -5.04. The Hall–Kier alpha value is -3.80. The maximum absolute atomic E-state index is 14.8. The van der Waals surface area contributed by atoms with E-state index in [1.165, 1.54) is 26.0 Å². The Morgan fingerprint density at radius 2 is 1.60 bits per heavy atom. The predicted molar refractivity (Wildman–Crippen MR) is 198 cm³/mol. The third-order valence-corrected chi connectivity index (χ3v) is 14.5. The fourth-order valence-corrected chi connectivity index (χ4v) is 10.3. The van der Waals surface area contributed by atoms with E-state index in [9.17, 15) is 49.5 Å². The summed E-state index contributed by atoms with van der Waals surface area (Å²) < 4.78 is 17.2. The van der Waals surface area contributed by atoms with Gasteiger partial charge in [0.15, 0.2) is 18.0 Å². The molecule has 0 aromatic heterocycles. The summed E-state index contributed by atoms with van der Waals surface area (Å²) in [6, 6.07) is 13.3. The fourth-order valence-electron chi connectivity index (χ4n) is 9.35. The van der Waals surface area contributed by atoms with Gasteiger partial charge in [-0.05, 0) is 61.0 Å². The number of ether oxygens (including phenoxy) is 3. The lowest BCUT2D eigenvalue weighted by atomic mass is 9.45. The second kappa shape index (κ2) is 14.0. The molecule has 3 fully saturated rings. The molecule has 2 aromatic rings. The van der Waals surface area contributed by atoms with Gasteiger partial charge in [-0.3, -0.25) is 14.4 Å². The number of benzene rings is 2. The Kier molecular flexibility index (Phi) is 10.4. The van der Waals surface area contributed by atoms with Gasteiger partial charge in [-0.25, -0.2) is 4.79 Å². The number of aliphatic hydroxyl groups excluding tert-OH is 3. The van der Waals surface area contributed by atoms with E-state index in [1.807, 2.05) is 0 Å². The van der Waals surface area contributed by atoms with Gasteiger partial charge in [-0.1, -0.05) is 56.3 Å². The quantitative estimate of drug-likeness (QED) is 0.111. The van der Waals surface area contributed by atoms with Crippen molar-refractivity contribution < 1.29 is 63.7 Å². The lowest BCUT2D eigenvalue weighted by Crippen LogP contribution is -2.80. The highest BCUT2D eigenvalue weighted by atomic mass is 28.4. The Morgan fingerprint density at radius 1 is 0.982 bits per heavy atom. The van der Waals surface area contributed by atoms with E-state index in [0.717, 1.165) is 6.92 Å². The van der Waals surface area contributed by atoms with Crippen molar-refractivity contribution in [1.29, 1.82) is 0 Å². The molecule has 2 bridgehead atoms. The normalized spacial score (nSPS) is 35.1. The van der Waals surface area contributed by atoms with Crippen LogP contribution in [0.4, 0.5) is 0 Å². The summed E-state index contributed by atoms with van der Waals surface area (Å²) in [5.41, 5.74) is -6.83. The molecule has 3 aliphatic carbocycles. The molecule has 0 radical (unpaired) electrons. The van der Waals surface area contributed by atoms with E-state index in [4.69, 9.17) is 14.2 Å². The number of ketones is 1. The van der Waals surface area contributed by atoms with Crippen LogP contribution in [0, 0.1) is 16.7 Å². The molecule has 1 heterocycles. The van der Waals surface area contributed by atoms with Crippen LogP contribution in [0.5, 0.6) is 0 Å². The molecule has 15 heteroatoms. The lowest BCUT2D eigenvalue weighted by Gasteiger charge is -2.66. The topological polar surface area (TPSA) is 229 Å². The molecule has 4 aliphatic rings. The van der Waals surface area contributed by atoms with E-state index in [1.54, 1.807) is 69.4 Å². The first kappa shape index (κ1) is 40.8. The van der Waals surface area contributed by atoms with Crippen molar-refractivity contribution in [1.82, 2.24) is 5.32 Å². The molecule has 14 nitrogen and oxygen atoms in total. The zero-order valence-corrected chi connectivity index (χ0v) is 33.0. The average molecular weight is 782 g/mol. The first-order valence-electron chi connectivity index (χ1n) is 18.4. The van der Waals surface area contributed by atoms with Gasteiger partial charge in [-0.15, -0.1) is 0 Å². The number of rotatable bonds is 8. The molecule has 1 amide bonds. The van der Waals surface area contributed by atoms with Gasteiger partial charge in [0.2, 0.25) is 8.32 Å². The number of nitrogens with one attached hydrogen (secondary N) is 1. The standard InChI is InChI=1S/C40H51NO13Si/c1-20-25(54-36(48)30(44)29(22-11-9-8-10-12-22)41-35(47)23-13-15-24(16-14-23)55(6,7)51)18-40(50)34(46)32-38(5,26(43)17-27-39(32,49)19-52-27)33(45)31(53-21(2)42)28(20)37(40,3)4/h8-16,25-27,29-32,34,43-44,46,49-51H,17-19H2,1-7H3,(H,41,47)/t25-,26-,27+,29-,30+,31+,32-,34-,38+,39-,40+/m0/s1. The maximum Gasteiger partial charge on any atom is 0.338 e. The number of fused-ring (bicyclic) bond motifs is 5. The Morgan fingerprint density at radius 3 is 2.15 bits per heavy atom. The van der Waals surface area contributed by atoms with Crippen molar-refractivity contribution in [3.05, 3.63) is 76.9 Å². The smallest absolute Gasteiger partial charge is 0.338 e. The average Bonchev–Trinajstić information content (AvgIpc) is 3.12. The van der Waals surface area contributed by atoms with Crippen molar-refractivity contribution in [2.45, 2.75) is 114 Å². The van der Waals surface area contributed by atoms with Gasteiger partial charge in [0.25, 0.3) is 5.91 Å². The molecule has 2 aromatic carbocycles. The summed E-state index contributed by atoms with van der Waals surface area (Å²) in [4.78, 5) is 65.4. The molecule has 1 aliphatic heterocycles. The summed E-state index contributed by atoms with van der Waals surface area (Å²) >= 11 is 0. The zero-order valence-electron chi connectivity index (χ0n) is 32.0. The van der Waals surface area contributed by atoms with Gasteiger partial charge in [-0.2, -0.15) is 0 Å². The van der Waals surface area contributed by atoms with Crippen LogP contribution in [0.3, 0.4) is 0 Å². The van der Waals surface area contributed by atoms with Crippen LogP contribution in [0.1, 0.15) is 69.4 Å². The minimum Gasteiger partial charge on any atom is -0.456 e. The Bertz CT molecular complexity index is 1890. The second-order valence-electron chi connectivity index (χ2n) is 16.8. The number of carbonyl (C=O) groups excluding carboxylic acids is 4. The monoisotopic (exact) mass is 781 g/mol. The summed E-state index contributed by atoms with van der Waals surface area (Å²) in [6.07, 6.45) is -10.1. The fraction of sp³-hybridized carbons (Fsp3) is 0.550. The molecule has 11 atom stereocenters. The third kappa shape index (κ3) is 6.47. The number of hydrogen-bond acceptors (Lipinski definition) is 13.